The zero-order chi connectivity index (χ0) is 117. The molecule has 872 valence electrons. The van der Waals surface area contributed by atoms with Crippen LogP contribution in [-0.4, -0.2) is 196 Å². The first-order chi connectivity index (χ1) is 68.9. The van der Waals surface area contributed by atoms with E-state index in [-0.39, 0.29) is 118 Å². The number of nitrogens with one attached hydrogen (secondary N) is 12. The third-order valence-corrected chi connectivity index (χ3v) is 24.6. The van der Waals surface area contributed by atoms with Crippen LogP contribution in [0.1, 0.15) is 345 Å². The van der Waals surface area contributed by atoms with Crippen LogP contribution in [0.5, 0.6) is 0 Å². The molecule has 33 N–H and O–H groups in total. The maximum atomic E-state index is 11.9. The van der Waals surface area contributed by atoms with Gasteiger partial charge in [0.1, 0.15) is 5.78 Å². The highest BCUT2D eigenvalue weighted by atomic mass is 16.4. The minimum absolute atomic E-state index is 0.00826. The van der Waals surface area contributed by atoms with Crippen LogP contribution in [0.4, 0.5) is 0 Å². The molecule has 0 aromatic heterocycles. The van der Waals surface area contributed by atoms with E-state index in [9.17, 15) is 47.9 Å². The van der Waals surface area contributed by atoms with E-state index in [1.807, 2.05) is 62.6 Å². The summed E-state index contributed by atoms with van der Waals surface area (Å²) in [7, 11) is 13.7. The monoisotopic (exact) mass is 2100 g/mol. The van der Waals surface area contributed by atoms with Gasteiger partial charge in [-0.1, -0.05) is 242 Å². The molecule has 0 radical (unpaired) electrons. The number of carboxylic acids is 1. The number of allylic oxidation sites excluding steroid dienone is 1. The van der Waals surface area contributed by atoms with Gasteiger partial charge in [0, 0.05) is 168 Å². The molecule has 0 rings (SSSR count). The molecule has 0 aromatic rings. The molecular formula is C112H233N25O11. The van der Waals surface area contributed by atoms with Crippen molar-refractivity contribution in [1.82, 2.24) is 68.7 Å². The molecule has 9 atom stereocenters. The lowest BCUT2D eigenvalue weighted by atomic mass is 9.89. The number of carboxylic acid groups (broad SMARTS) is 1. The first-order valence-corrected chi connectivity index (χ1v) is 54.8. The minimum Gasteiger partial charge on any atom is -0.481 e. The molecule has 8 amide bonds. The summed E-state index contributed by atoms with van der Waals surface area (Å²) in [5.41, 5.74) is 54.4. The number of carbonyl (C=O) groups is 10. The lowest BCUT2D eigenvalue weighted by molar-refractivity contribution is -0.143. The van der Waals surface area contributed by atoms with Crippen molar-refractivity contribution in [3.8, 4) is 0 Å². The zero-order valence-electron chi connectivity index (χ0n) is 99.7. The molecule has 0 aliphatic rings. The second-order valence-electron chi connectivity index (χ2n) is 42.0. The zero-order valence-corrected chi connectivity index (χ0v) is 99.7. The molecule has 148 heavy (non-hydrogen) atoms. The van der Waals surface area contributed by atoms with Gasteiger partial charge in [-0.25, -0.2) is 0 Å². The van der Waals surface area contributed by atoms with Crippen molar-refractivity contribution < 1.29 is 53.1 Å². The van der Waals surface area contributed by atoms with Crippen LogP contribution in [0.15, 0.2) is 84.3 Å². The Labute approximate surface area is 902 Å². The van der Waals surface area contributed by atoms with E-state index in [0.29, 0.717) is 102 Å². The van der Waals surface area contributed by atoms with Gasteiger partial charge < -0.3 is 136 Å². The molecule has 0 bridgehead atoms. The first kappa shape index (κ1) is 158. The van der Waals surface area contributed by atoms with Crippen LogP contribution in [0.25, 0.3) is 0 Å². The number of ketones is 1. The van der Waals surface area contributed by atoms with E-state index < -0.39 is 5.97 Å². The average molecular weight is 2110 g/mol. The maximum absolute atomic E-state index is 11.9. The van der Waals surface area contributed by atoms with Crippen molar-refractivity contribution in [3.63, 3.8) is 0 Å². The fraction of sp³-hybridized carbons (Fsp3) is 0.786. The van der Waals surface area contributed by atoms with Gasteiger partial charge in [-0.2, -0.15) is 0 Å². The Morgan fingerprint density at radius 1 is 0.284 bits per heavy atom. The number of hydrogen-bond donors (Lipinski definition) is 23. The molecule has 0 saturated carbocycles. The van der Waals surface area contributed by atoms with Crippen molar-refractivity contribution in [2.24, 2.45) is 180 Å². The molecule has 0 aliphatic carbocycles. The Kier molecular flexibility index (Phi) is 111. The van der Waals surface area contributed by atoms with Crippen molar-refractivity contribution in [1.29, 1.82) is 0 Å². The second kappa shape index (κ2) is 104. The third kappa shape index (κ3) is 107. The quantitative estimate of drug-likeness (QED) is 0.0153. The SMILES string of the molecule is C=C(C)NCCCCC(C(=O)NC)C(C)C.C=C(N)NCCCCC(C(=O)N(C)C)C(C)C.C=C(N)NCCCCC(C(=O)NC)C(C)C.C=C(N)NCCCCC(C(=O)NC)C(C)C.C=C(N)NCCCCC(C(=O)O)C(C)C.C=C(N)NCCCCC(C(N)=O)C(C)C.CC(C)CCCCCN=C(N)N.CNC(=O)C(CCC(C)=O)C(C)C.CNC(=O)C(CCCCN)C(C)C.CNC(=O)C(CCCN=C(C)N)C(C)C. The highest BCUT2D eigenvalue weighted by molar-refractivity contribution is 5.82. The topological polar surface area (TPSA) is 623 Å². The molecule has 0 fully saturated rings. The summed E-state index contributed by atoms with van der Waals surface area (Å²) >= 11 is 0. The molecule has 0 aliphatic heterocycles. The predicted molar refractivity (Wildman–Crippen MR) is 626 cm³/mol. The first-order valence-electron chi connectivity index (χ1n) is 54.8. The third-order valence-electron chi connectivity index (χ3n) is 24.6. The highest BCUT2D eigenvalue weighted by Crippen LogP contribution is 2.26. The average Bonchev–Trinajstić information content (AvgIpc) is 0.886. The number of amidine groups is 1. The standard InChI is InChI=1S/C13H27N3O.C13H26N2O.2C12H25N3O.2C11H23N3O.C11H22N2O2.C10H22N2O.C10H19NO2.C9H21N3/c1-10(2)12(13(17)16(4)5)8-6-7-9-15-11(3)14;1-10(2)12(13(16)14-5)8-6-7-9-15-11(3)4;2*1-9(2)11(12(16)14-4)7-5-6-8-15-10(3)13;1-8(2)10(11(15)13-4)6-5-7-14-9(3)12;1-8(2)10(11(13)15)6-4-5-7-14-9(3)12;1-8(2)10(11(14)15)6-4-5-7-13-9(3)12;1-8(2)9(10(13)12-3)6-4-5-7-11;1-7(2)9(10(13)11-4)6-5-8(3)12;1-8(2)6-4-3-5-7-12-9(10)11/h10,12,15H,3,6-9,14H2,1-2,4-5H3;10,12,15H,3,6-9H2,1-2,4-5H3,(H,14,16);2*9,11,15H,3,5-8,13H2,1-2,4H3,(H,14,16);8,10H,5-7H2,1-4H3,(H2,12,14)(H,13,15);8,10,14H,3-7,12H2,1-2H3,(H2,13,15);8,10,13H,3-7,12H2,1-2H3,(H,14,15);8-9H,4-7,11H2,1-3H3,(H,12,13);7,9H,5-6H2,1-4H3,(H,11,13);8H,3-7H2,1-2H3,(H4,10,11,12). The van der Waals surface area contributed by atoms with Crippen LogP contribution in [-0.2, 0) is 47.9 Å². The number of carbonyl (C=O) groups excluding carboxylic acids is 9. The number of amides is 8. The molecule has 0 heterocycles. The summed E-state index contributed by atoms with van der Waals surface area (Å²) in [6, 6.07) is 0. The number of Topliss-reactive ketones (excluding diaryl/α,β-unsaturated/α-hetero) is 1. The highest BCUT2D eigenvalue weighted by Gasteiger charge is 2.28. The van der Waals surface area contributed by atoms with Gasteiger partial charge in [0.25, 0.3) is 0 Å². The van der Waals surface area contributed by atoms with Crippen LogP contribution >= 0.6 is 0 Å². The van der Waals surface area contributed by atoms with Gasteiger partial charge in [-0.3, -0.25) is 53.1 Å². The summed E-state index contributed by atoms with van der Waals surface area (Å²) in [6.07, 6.45) is 28.3. The second-order valence-corrected chi connectivity index (χ2v) is 42.0. The van der Waals surface area contributed by atoms with Crippen molar-refractivity contribution in [2.45, 2.75) is 345 Å². The number of primary amides is 1. The predicted octanol–water partition coefficient (Wildman–Crippen LogP) is 13.8. The van der Waals surface area contributed by atoms with E-state index in [1.165, 1.54) is 19.3 Å². The lowest BCUT2D eigenvalue weighted by Crippen LogP contribution is -2.32. The van der Waals surface area contributed by atoms with Gasteiger partial charge in [0.2, 0.25) is 47.3 Å². The number of guanidine groups is 1. The number of hydrogen-bond acceptors (Lipinski definition) is 24. The van der Waals surface area contributed by atoms with E-state index in [2.05, 4.69) is 210 Å². The van der Waals surface area contributed by atoms with Crippen LogP contribution in [0.3, 0.4) is 0 Å². The van der Waals surface area contributed by atoms with Crippen LogP contribution in [0, 0.1) is 112 Å². The molecule has 0 aromatic carbocycles. The smallest absolute Gasteiger partial charge is 0.306 e. The summed E-state index contributed by atoms with van der Waals surface area (Å²) in [4.78, 5) is 123. The number of unbranched alkanes of at least 4 members (excludes halogenated alkanes) is 9. The summed E-state index contributed by atoms with van der Waals surface area (Å²) in [6.45, 7) is 75.5. The Morgan fingerprint density at radius 3 is 0.723 bits per heavy atom. The molecule has 36 heteroatoms. The van der Waals surface area contributed by atoms with Gasteiger partial charge in [-0.15, -0.1) is 0 Å². The Hall–Kier alpha value is -10.2. The molecule has 0 spiro atoms. The van der Waals surface area contributed by atoms with Crippen molar-refractivity contribution in [2.75, 3.05) is 115 Å². The fourth-order valence-corrected chi connectivity index (χ4v) is 15.3. The van der Waals surface area contributed by atoms with Gasteiger partial charge in [-0.05, 0) is 202 Å². The number of nitrogens with two attached hydrogens (primary N) is 10. The Morgan fingerprint density at radius 2 is 0.514 bits per heavy atom. The largest absolute Gasteiger partial charge is 0.481 e. The molecule has 0 saturated heterocycles. The van der Waals surface area contributed by atoms with E-state index in [0.717, 1.165) is 218 Å². The van der Waals surface area contributed by atoms with Gasteiger partial charge >= 0.3 is 5.97 Å². The summed E-state index contributed by atoms with van der Waals surface area (Å²) in [5.74, 6) is 8.02. The van der Waals surface area contributed by atoms with Crippen molar-refractivity contribution >= 4 is 70.8 Å². The number of aliphatic imine (C=N–C) groups is 2. The fourth-order valence-electron chi connectivity index (χ4n) is 15.3. The van der Waals surface area contributed by atoms with E-state index in [4.69, 9.17) is 62.4 Å². The van der Waals surface area contributed by atoms with E-state index >= 15 is 0 Å². The molecular weight excluding hydrogens is 1870 g/mol. The Bertz CT molecular complexity index is 3350. The molecule has 9 unspecified atom stereocenters. The maximum Gasteiger partial charge on any atom is 0.306 e. The number of nitrogens with zero attached hydrogens (tertiary/aromatic N) is 3. The summed E-state index contributed by atoms with van der Waals surface area (Å²) < 4.78 is 0. The van der Waals surface area contributed by atoms with Gasteiger partial charge in [0.05, 0.1) is 40.9 Å². The number of aliphatic carboxylic acids is 1. The minimum atomic E-state index is -0.693. The van der Waals surface area contributed by atoms with Crippen LogP contribution < -0.4 is 121 Å². The van der Waals surface area contributed by atoms with E-state index in [1.54, 1.807) is 61.0 Å². The summed E-state index contributed by atoms with van der Waals surface area (Å²) in [5, 5.41) is 43.1. The van der Waals surface area contributed by atoms with Gasteiger partial charge in [0.15, 0.2) is 5.96 Å². The van der Waals surface area contributed by atoms with Crippen molar-refractivity contribution in [3.05, 3.63) is 74.3 Å². The lowest BCUT2D eigenvalue weighted by Gasteiger charge is -2.23. The number of rotatable bonds is 71. The normalized spacial score (nSPS) is 12.4. The molecule has 36 nitrogen and oxygen atoms in total. The van der Waals surface area contributed by atoms with Crippen LogP contribution in [0.2, 0.25) is 0 Å². The Balaban J connectivity index is -0.000000179.